The van der Waals surface area contributed by atoms with Gasteiger partial charge in [-0.25, -0.2) is 9.48 Å². The minimum atomic E-state index is -0.520. The highest BCUT2D eigenvalue weighted by atomic mass is 16.5. The van der Waals surface area contributed by atoms with Gasteiger partial charge >= 0.3 is 5.97 Å². The number of rotatable bonds is 5. The van der Waals surface area contributed by atoms with Gasteiger partial charge in [-0.15, -0.1) is 5.10 Å². The van der Waals surface area contributed by atoms with Gasteiger partial charge in [0.15, 0.2) is 6.61 Å². The maximum atomic E-state index is 12.0. The van der Waals surface area contributed by atoms with Crippen LogP contribution in [0.2, 0.25) is 0 Å². The van der Waals surface area contributed by atoms with Crippen LogP contribution in [0.1, 0.15) is 15.9 Å². The first-order valence-corrected chi connectivity index (χ1v) is 7.79. The lowest BCUT2D eigenvalue weighted by Gasteiger charge is -2.10. The van der Waals surface area contributed by atoms with Crippen molar-refractivity contribution in [3.8, 4) is 0 Å². The van der Waals surface area contributed by atoms with Crippen LogP contribution >= 0.6 is 0 Å². The second-order valence-corrected chi connectivity index (χ2v) is 5.80. The van der Waals surface area contributed by atoms with Crippen LogP contribution in [0.15, 0.2) is 48.5 Å². The number of nitrogens with zero attached hydrogens (tertiary/aromatic N) is 4. The zero-order valence-corrected chi connectivity index (χ0v) is 14.0. The summed E-state index contributed by atoms with van der Waals surface area (Å²) in [6.45, 7) is 0.285. The average Bonchev–Trinajstić information content (AvgIpc) is 3.03. The molecule has 0 saturated carbocycles. The molecule has 0 aliphatic carbocycles. The fourth-order valence-corrected chi connectivity index (χ4v) is 2.29. The number of esters is 1. The van der Waals surface area contributed by atoms with Gasteiger partial charge in [-0.2, -0.15) is 0 Å². The van der Waals surface area contributed by atoms with Crippen LogP contribution in [0, 0.1) is 0 Å². The average molecular weight is 338 g/mol. The van der Waals surface area contributed by atoms with Gasteiger partial charge in [-0.1, -0.05) is 29.5 Å². The van der Waals surface area contributed by atoms with Gasteiger partial charge in [-0.3, -0.25) is 4.79 Å². The topological polar surface area (TPSA) is 77.3 Å². The minimum Gasteiger partial charge on any atom is -0.452 e. The highest BCUT2D eigenvalue weighted by Crippen LogP contribution is 2.13. The van der Waals surface area contributed by atoms with E-state index in [4.69, 9.17) is 4.74 Å². The van der Waals surface area contributed by atoms with Crippen molar-refractivity contribution in [2.24, 2.45) is 0 Å². The van der Waals surface area contributed by atoms with E-state index in [2.05, 4.69) is 10.3 Å². The monoisotopic (exact) mass is 338 g/mol. The summed E-state index contributed by atoms with van der Waals surface area (Å²) in [7, 11) is 3.22. The molecule has 1 amide bonds. The predicted octanol–water partition coefficient (Wildman–Crippen LogP) is 1.72. The Kier molecular flexibility index (Phi) is 4.74. The van der Waals surface area contributed by atoms with Gasteiger partial charge in [0.1, 0.15) is 5.52 Å². The molecule has 0 spiro atoms. The van der Waals surface area contributed by atoms with Crippen molar-refractivity contribution in [3.05, 3.63) is 59.7 Å². The molecule has 0 aliphatic heterocycles. The molecule has 0 unspecified atom stereocenters. The molecule has 0 bridgehead atoms. The molecule has 0 radical (unpaired) electrons. The van der Waals surface area contributed by atoms with Crippen LogP contribution in [0.5, 0.6) is 0 Å². The molecule has 3 aromatic rings. The van der Waals surface area contributed by atoms with Crippen molar-refractivity contribution >= 4 is 22.9 Å². The molecule has 0 aliphatic rings. The number of likely N-dealkylation sites (N-methyl/N-ethyl adjacent to an activating group) is 1. The molecule has 3 rings (SSSR count). The lowest BCUT2D eigenvalue weighted by Crippen LogP contribution is -2.27. The van der Waals surface area contributed by atoms with Crippen molar-refractivity contribution in [1.29, 1.82) is 0 Å². The summed E-state index contributed by atoms with van der Waals surface area (Å²) in [4.78, 5) is 24.8. The number of hydrogen-bond acceptors (Lipinski definition) is 5. The maximum absolute atomic E-state index is 12.0. The van der Waals surface area contributed by atoms with E-state index in [9.17, 15) is 9.59 Å². The van der Waals surface area contributed by atoms with Crippen LogP contribution in [0.3, 0.4) is 0 Å². The van der Waals surface area contributed by atoms with Gasteiger partial charge in [0.2, 0.25) is 0 Å². The first-order valence-electron chi connectivity index (χ1n) is 7.79. The van der Waals surface area contributed by atoms with Crippen LogP contribution in [-0.2, 0) is 16.1 Å². The van der Waals surface area contributed by atoms with Gasteiger partial charge in [0.05, 0.1) is 17.6 Å². The summed E-state index contributed by atoms with van der Waals surface area (Å²) in [5.41, 5.74) is 3.18. The molecule has 0 fully saturated rings. The second kappa shape index (κ2) is 7.12. The highest BCUT2D eigenvalue weighted by Gasteiger charge is 2.11. The molecule has 7 nitrogen and oxygen atoms in total. The minimum absolute atomic E-state index is 0.261. The van der Waals surface area contributed by atoms with E-state index in [1.165, 1.54) is 4.90 Å². The third-order valence-corrected chi connectivity index (χ3v) is 3.77. The van der Waals surface area contributed by atoms with Crippen molar-refractivity contribution in [3.63, 3.8) is 0 Å². The number of aromatic nitrogens is 3. The second-order valence-electron chi connectivity index (χ2n) is 5.80. The number of hydrogen-bond donors (Lipinski definition) is 0. The number of amides is 1. The van der Waals surface area contributed by atoms with E-state index in [0.717, 1.165) is 16.6 Å². The first kappa shape index (κ1) is 16.6. The Morgan fingerprint density at radius 1 is 1.08 bits per heavy atom. The van der Waals surface area contributed by atoms with Gasteiger partial charge < -0.3 is 9.64 Å². The van der Waals surface area contributed by atoms with E-state index in [-0.39, 0.29) is 12.5 Å². The van der Waals surface area contributed by atoms with E-state index in [1.807, 2.05) is 36.4 Å². The molecule has 2 aromatic carbocycles. The quantitative estimate of drug-likeness (QED) is 0.662. The molecule has 0 N–H and O–H groups in total. The summed E-state index contributed by atoms with van der Waals surface area (Å²) >= 11 is 0. The number of carbonyl (C=O) groups is 2. The third-order valence-electron chi connectivity index (χ3n) is 3.77. The fraction of sp³-hybridized carbons (Fsp3) is 0.222. The largest absolute Gasteiger partial charge is 0.452 e. The zero-order valence-electron chi connectivity index (χ0n) is 14.0. The SMILES string of the molecule is CN(C)C(=O)COC(=O)c1ccc(Cn2nnc3ccccc32)cc1. The Hall–Kier alpha value is -3.22. The third kappa shape index (κ3) is 3.82. The Morgan fingerprint density at radius 2 is 1.80 bits per heavy atom. The van der Waals surface area contributed by atoms with Crippen molar-refractivity contribution in [1.82, 2.24) is 19.9 Å². The number of fused-ring (bicyclic) bond motifs is 1. The standard InChI is InChI=1S/C18H18N4O3/c1-21(2)17(23)12-25-18(24)14-9-7-13(8-10-14)11-22-16-6-4-3-5-15(16)19-20-22/h3-10H,11-12H2,1-2H3. The van der Waals surface area contributed by atoms with E-state index < -0.39 is 5.97 Å². The smallest absolute Gasteiger partial charge is 0.338 e. The van der Waals surface area contributed by atoms with Crippen molar-refractivity contribution in [2.45, 2.75) is 6.54 Å². The van der Waals surface area contributed by atoms with Crippen molar-refractivity contribution < 1.29 is 14.3 Å². The lowest BCUT2D eigenvalue weighted by molar-refractivity contribution is -0.131. The number of para-hydroxylation sites is 1. The molecular weight excluding hydrogens is 320 g/mol. The summed E-state index contributed by atoms with van der Waals surface area (Å²) in [6, 6.07) is 14.8. The molecule has 0 atom stereocenters. The first-order chi connectivity index (χ1) is 12.0. The molecule has 1 aromatic heterocycles. The molecule has 1 heterocycles. The zero-order chi connectivity index (χ0) is 17.8. The fourth-order valence-electron chi connectivity index (χ4n) is 2.29. The Balaban J connectivity index is 1.66. The molecule has 7 heteroatoms. The van der Waals surface area contributed by atoms with Crippen LogP contribution in [-0.4, -0.2) is 52.5 Å². The van der Waals surface area contributed by atoms with Crippen LogP contribution in [0.25, 0.3) is 11.0 Å². The molecule has 25 heavy (non-hydrogen) atoms. The molecular formula is C18H18N4O3. The molecule has 128 valence electrons. The normalized spacial score (nSPS) is 10.6. The summed E-state index contributed by atoms with van der Waals surface area (Å²) in [6.07, 6.45) is 0. The lowest BCUT2D eigenvalue weighted by atomic mass is 10.1. The molecule has 0 saturated heterocycles. The van der Waals surface area contributed by atoms with Crippen molar-refractivity contribution in [2.75, 3.05) is 20.7 Å². The van der Waals surface area contributed by atoms with E-state index in [1.54, 1.807) is 30.9 Å². The number of ether oxygens (including phenoxy) is 1. The van der Waals surface area contributed by atoms with Crippen LogP contribution < -0.4 is 0 Å². The number of carbonyl (C=O) groups excluding carboxylic acids is 2. The summed E-state index contributed by atoms with van der Waals surface area (Å²) in [5.74, 6) is -0.781. The Bertz CT molecular complexity index is 900. The Morgan fingerprint density at radius 3 is 2.52 bits per heavy atom. The van der Waals surface area contributed by atoms with Crippen LogP contribution in [0.4, 0.5) is 0 Å². The van der Waals surface area contributed by atoms with E-state index in [0.29, 0.717) is 12.1 Å². The van der Waals surface area contributed by atoms with Gasteiger partial charge in [0.25, 0.3) is 5.91 Å². The predicted molar refractivity (Wildman–Crippen MR) is 92.0 cm³/mol. The summed E-state index contributed by atoms with van der Waals surface area (Å²) < 4.78 is 6.80. The van der Waals surface area contributed by atoms with Gasteiger partial charge in [0, 0.05) is 14.1 Å². The number of benzene rings is 2. The summed E-state index contributed by atoms with van der Waals surface area (Å²) in [5, 5.41) is 8.26. The maximum Gasteiger partial charge on any atom is 0.338 e. The van der Waals surface area contributed by atoms with Gasteiger partial charge in [-0.05, 0) is 29.8 Å². The van der Waals surface area contributed by atoms with E-state index >= 15 is 0 Å². The Labute approximate surface area is 144 Å². The highest BCUT2D eigenvalue weighted by molar-refractivity contribution is 5.91.